The second kappa shape index (κ2) is 4.94. The summed E-state index contributed by atoms with van der Waals surface area (Å²) < 4.78 is 4.93. The van der Waals surface area contributed by atoms with E-state index in [2.05, 4.69) is 5.32 Å². The number of ether oxygens (including phenoxy) is 1. The first-order chi connectivity index (χ1) is 7.31. The first-order valence-corrected chi connectivity index (χ1v) is 5.81. The summed E-state index contributed by atoms with van der Waals surface area (Å²) in [7, 11) is 1.64. The van der Waals surface area contributed by atoms with Gasteiger partial charge in [0.1, 0.15) is 0 Å². The molecule has 0 unspecified atom stereocenters. The molecule has 2 aliphatic heterocycles. The van der Waals surface area contributed by atoms with E-state index in [1.807, 2.05) is 4.90 Å². The summed E-state index contributed by atoms with van der Waals surface area (Å²) in [6, 6.07) is 0.547. The molecule has 0 aromatic heterocycles. The molecule has 2 atom stereocenters. The minimum Gasteiger partial charge on any atom is -0.384 e. The minimum atomic E-state index is 0.240. The van der Waals surface area contributed by atoms with Gasteiger partial charge in [-0.05, 0) is 25.3 Å². The van der Waals surface area contributed by atoms with Crippen molar-refractivity contribution in [2.75, 3.05) is 33.4 Å². The lowest BCUT2D eigenvalue weighted by Gasteiger charge is -2.34. The van der Waals surface area contributed by atoms with E-state index in [1.165, 1.54) is 6.42 Å². The number of nitrogens with zero attached hydrogens (tertiary/aromatic N) is 1. The third-order valence-corrected chi connectivity index (χ3v) is 3.55. The van der Waals surface area contributed by atoms with Crippen LogP contribution in [0, 0.1) is 5.92 Å². The van der Waals surface area contributed by atoms with Gasteiger partial charge in [-0.1, -0.05) is 0 Å². The van der Waals surface area contributed by atoms with Gasteiger partial charge in [-0.15, -0.1) is 0 Å². The van der Waals surface area contributed by atoms with E-state index < -0.39 is 0 Å². The van der Waals surface area contributed by atoms with Crippen LogP contribution in [0.15, 0.2) is 0 Å². The molecule has 0 aromatic rings. The molecule has 0 radical (unpaired) electrons. The number of hydrogen-bond donors (Lipinski definition) is 1. The van der Waals surface area contributed by atoms with E-state index in [0.29, 0.717) is 19.1 Å². The number of rotatable bonds is 3. The van der Waals surface area contributed by atoms with Crippen LogP contribution in [-0.4, -0.2) is 50.2 Å². The van der Waals surface area contributed by atoms with Crippen molar-refractivity contribution in [2.24, 2.45) is 5.92 Å². The molecule has 86 valence electrons. The third kappa shape index (κ3) is 2.49. The molecule has 1 amide bonds. The molecule has 2 heterocycles. The van der Waals surface area contributed by atoms with Gasteiger partial charge < -0.3 is 15.0 Å². The Morgan fingerprint density at radius 3 is 3.20 bits per heavy atom. The lowest BCUT2D eigenvalue weighted by molar-refractivity contribution is -0.133. The van der Waals surface area contributed by atoms with Crippen LogP contribution in [0.2, 0.25) is 0 Å². The molecule has 0 saturated carbocycles. The average Bonchev–Trinajstić information content (AvgIpc) is 2.72. The average molecular weight is 212 g/mol. The number of carbonyl (C=O) groups is 1. The van der Waals surface area contributed by atoms with Gasteiger partial charge in [-0.2, -0.15) is 0 Å². The Bertz CT molecular complexity index is 233. The number of methoxy groups -OCH3 is 1. The lowest BCUT2D eigenvalue weighted by Crippen LogP contribution is -2.48. The van der Waals surface area contributed by atoms with Gasteiger partial charge in [0.25, 0.3) is 0 Å². The van der Waals surface area contributed by atoms with Crippen LogP contribution in [0.1, 0.15) is 19.3 Å². The Balaban J connectivity index is 1.81. The number of likely N-dealkylation sites (tertiary alicyclic amines) is 1. The van der Waals surface area contributed by atoms with E-state index in [0.717, 1.165) is 32.0 Å². The predicted molar refractivity (Wildman–Crippen MR) is 57.6 cm³/mol. The monoisotopic (exact) mass is 212 g/mol. The summed E-state index contributed by atoms with van der Waals surface area (Å²) in [5.41, 5.74) is 0. The van der Waals surface area contributed by atoms with Crippen molar-refractivity contribution in [3.8, 4) is 0 Å². The largest absolute Gasteiger partial charge is 0.384 e. The topological polar surface area (TPSA) is 41.6 Å². The SMILES string of the molecule is COCCC(=O)N1CC[C@@H]2CCN[C@@H]2C1. The molecule has 0 aromatic carbocycles. The number of nitrogens with one attached hydrogen (secondary N) is 1. The fourth-order valence-electron chi connectivity index (χ4n) is 2.61. The first kappa shape index (κ1) is 10.9. The second-order valence-corrected chi connectivity index (χ2v) is 4.48. The van der Waals surface area contributed by atoms with Gasteiger partial charge in [0, 0.05) is 26.2 Å². The van der Waals surface area contributed by atoms with Gasteiger partial charge in [-0.3, -0.25) is 4.79 Å². The number of amides is 1. The standard InChI is InChI=1S/C11H20N2O2/c1-15-7-4-11(14)13-6-3-9-2-5-12-10(9)8-13/h9-10,12H,2-8H2,1H3/t9-,10+/m0/s1. The summed E-state index contributed by atoms with van der Waals surface area (Å²) in [5, 5.41) is 3.47. The lowest BCUT2D eigenvalue weighted by atomic mass is 9.92. The number of carbonyl (C=O) groups excluding carboxylic acids is 1. The fraction of sp³-hybridized carbons (Fsp3) is 0.909. The highest BCUT2D eigenvalue weighted by atomic mass is 16.5. The molecule has 1 N–H and O–H groups in total. The molecule has 0 spiro atoms. The van der Waals surface area contributed by atoms with Crippen molar-refractivity contribution in [2.45, 2.75) is 25.3 Å². The Hall–Kier alpha value is -0.610. The molecule has 4 heteroatoms. The summed E-state index contributed by atoms with van der Waals surface area (Å²) in [4.78, 5) is 13.7. The van der Waals surface area contributed by atoms with Gasteiger partial charge in [0.15, 0.2) is 0 Å². The highest BCUT2D eigenvalue weighted by molar-refractivity contribution is 5.76. The van der Waals surface area contributed by atoms with Crippen LogP contribution >= 0.6 is 0 Å². The van der Waals surface area contributed by atoms with Crippen molar-refractivity contribution in [3.05, 3.63) is 0 Å². The van der Waals surface area contributed by atoms with Gasteiger partial charge in [0.05, 0.1) is 13.0 Å². The van der Waals surface area contributed by atoms with E-state index in [-0.39, 0.29) is 5.91 Å². The van der Waals surface area contributed by atoms with Crippen LogP contribution in [0.4, 0.5) is 0 Å². The molecule has 2 saturated heterocycles. The van der Waals surface area contributed by atoms with Crippen molar-refractivity contribution in [1.82, 2.24) is 10.2 Å². The molecule has 2 aliphatic rings. The molecule has 2 rings (SSSR count). The van der Waals surface area contributed by atoms with Crippen LogP contribution in [-0.2, 0) is 9.53 Å². The quantitative estimate of drug-likeness (QED) is 0.728. The number of fused-ring (bicyclic) bond motifs is 1. The Labute approximate surface area is 91.0 Å². The normalized spacial score (nSPS) is 30.3. The second-order valence-electron chi connectivity index (χ2n) is 4.48. The first-order valence-electron chi connectivity index (χ1n) is 5.81. The molecule has 4 nitrogen and oxygen atoms in total. The van der Waals surface area contributed by atoms with Crippen molar-refractivity contribution in [3.63, 3.8) is 0 Å². The zero-order chi connectivity index (χ0) is 10.7. The van der Waals surface area contributed by atoms with Gasteiger partial charge in [0.2, 0.25) is 5.91 Å². The van der Waals surface area contributed by atoms with Crippen molar-refractivity contribution >= 4 is 5.91 Å². The van der Waals surface area contributed by atoms with E-state index in [1.54, 1.807) is 7.11 Å². The molecule has 2 fully saturated rings. The van der Waals surface area contributed by atoms with Gasteiger partial charge in [-0.25, -0.2) is 0 Å². The van der Waals surface area contributed by atoms with E-state index in [4.69, 9.17) is 4.74 Å². The smallest absolute Gasteiger partial charge is 0.224 e. The van der Waals surface area contributed by atoms with Crippen LogP contribution in [0.3, 0.4) is 0 Å². The number of hydrogen-bond acceptors (Lipinski definition) is 3. The Morgan fingerprint density at radius 2 is 2.40 bits per heavy atom. The zero-order valence-corrected chi connectivity index (χ0v) is 9.37. The minimum absolute atomic E-state index is 0.240. The zero-order valence-electron chi connectivity index (χ0n) is 9.37. The Kier molecular flexibility index (Phi) is 3.59. The maximum atomic E-state index is 11.8. The summed E-state index contributed by atoms with van der Waals surface area (Å²) >= 11 is 0. The Morgan fingerprint density at radius 1 is 1.53 bits per heavy atom. The predicted octanol–water partition coefficient (Wildman–Crippen LogP) is 0.233. The van der Waals surface area contributed by atoms with E-state index in [9.17, 15) is 4.79 Å². The van der Waals surface area contributed by atoms with Gasteiger partial charge >= 0.3 is 0 Å². The maximum absolute atomic E-state index is 11.8. The molecular formula is C11H20N2O2. The molecule has 0 bridgehead atoms. The summed E-state index contributed by atoms with van der Waals surface area (Å²) in [6.45, 7) is 3.49. The fourth-order valence-corrected chi connectivity index (χ4v) is 2.61. The van der Waals surface area contributed by atoms with Crippen LogP contribution < -0.4 is 5.32 Å². The molecule has 0 aliphatic carbocycles. The highest BCUT2D eigenvalue weighted by Gasteiger charge is 2.33. The van der Waals surface area contributed by atoms with Crippen LogP contribution in [0.25, 0.3) is 0 Å². The summed E-state index contributed by atoms with van der Waals surface area (Å²) in [6.07, 6.45) is 2.97. The molecule has 15 heavy (non-hydrogen) atoms. The van der Waals surface area contributed by atoms with Crippen molar-refractivity contribution in [1.29, 1.82) is 0 Å². The summed E-state index contributed by atoms with van der Waals surface area (Å²) in [5.74, 6) is 1.04. The highest BCUT2D eigenvalue weighted by Crippen LogP contribution is 2.25. The third-order valence-electron chi connectivity index (χ3n) is 3.55. The molecular weight excluding hydrogens is 192 g/mol. The maximum Gasteiger partial charge on any atom is 0.224 e. The van der Waals surface area contributed by atoms with E-state index >= 15 is 0 Å². The van der Waals surface area contributed by atoms with Crippen molar-refractivity contribution < 1.29 is 9.53 Å². The number of piperidine rings is 1. The van der Waals surface area contributed by atoms with Crippen LogP contribution in [0.5, 0.6) is 0 Å².